The minimum absolute atomic E-state index is 0.0653. The Bertz CT molecular complexity index is 938. The fourth-order valence-electron chi connectivity index (χ4n) is 3.39. The fraction of sp³-hybridized carbons (Fsp3) is 0.400. The number of anilines is 2. The van der Waals surface area contributed by atoms with Crippen LogP contribution in [0, 0.1) is 5.92 Å². The molecule has 2 amide bonds. The maximum atomic E-state index is 12.4. The molecule has 3 rings (SSSR count). The minimum atomic E-state index is -0.197. The molecule has 0 fully saturated rings. The zero-order valence-corrected chi connectivity index (χ0v) is 18.9. The number of aliphatic imine (C=N–C) groups is 1. The van der Waals surface area contributed by atoms with Crippen LogP contribution in [0.4, 0.5) is 11.4 Å². The van der Waals surface area contributed by atoms with Crippen LogP contribution in [-0.4, -0.2) is 37.4 Å². The van der Waals surface area contributed by atoms with Gasteiger partial charge in [-0.25, -0.2) is 0 Å². The van der Waals surface area contributed by atoms with Crippen molar-refractivity contribution in [2.75, 3.05) is 25.0 Å². The molecule has 7 nitrogen and oxygen atoms in total. The molecule has 0 atom stereocenters. The minimum Gasteiger partial charge on any atom is -0.356 e. The summed E-state index contributed by atoms with van der Waals surface area (Å²) < 4.78 is 0. The van der Waals surface area contributed by atoms with Crippen molar-refractivity contribution in [1.82, 2.24) is 16.0 Å². The quantitative estimate of drug-likeness (QED) is 0.447. The average molecular weight is 436 g/mol. The third-order valence-electron chi connectivity index (χ3n) is 5.18. The Labute approximate surface area is 190 Å². The van der Waals surface area contributed by atoms with Crippen LogP contribution in [-0.2, 0) is 0 Å². The Balaban J connectivity index is 1.51. The molecular weight excluding hydrogens is 402 g/mol. The van der Waals surface area contributed by atoms with E-state index in [2.05, 4.69) is 40.1 Å². The van der Waals surface area contributed by atoms with E-state index in [9.17, 15) is 9.59 Å². The van der Waals surface area contributed by atoms with Gasteiger partial charge >= 0.3 is 0 Å². The zero-order valence-electron chi connectivity index (χ0n) is 18.9. The number of nitrogens with zero attached hydrogens (tertiary/aromatic N) is 1. The predicted molar refractivity (Wildman–Crippen MR) is 130 cm³/mol. The number of unbranched alkanes of at least 4 members (excludes halogenated alkanes) is 1. The number of amides is 2. The number of hydrogen-bond acceptors (Lipinski definition) is 5. The Morgan fingerprint density at radius 2 is 1.81 bits per heavy atom. The second-order valence-corrected chi connectivity index (χ2v) is 8.39. The van der Waals surface area contributed by atoms with Crippen molar-refractivity contribution >= 4 is 29.1 Å². The first-order valence-electron chi connectivity index (χ1n) is 11.4. The molecule has 0 aromatic heterocycles. The third kappa shape index (κ3) is 7.41. The molecule has 0 radical (unpaired) electrons. The Hall–Kier alpha value is -3.35. The van der Waals surface area contributed by atoms with Gasteiger partial charge in [-0.3, -0.25) is 19.9 Å². The molecule has 0 saturated carbocycles. The molecular formula is C25H33N5O2. The first-order valence-corrected chi connectivity index (χ1v) is 11.4. The Kier molecular flexibility index (Phi) is 8.66. The lowest BCUT2D eigenvalue weighted by atomic mass is 10.1. The molecule has 0 bridgehead atoms. The Morgan fingerprint density at radius 1 is 1.00 bits per heavy atom. The van der Waals surface area contributed by atoms with Crippen molar-refractivity contribution < 1.29 is 9.59 Å². The average Bonchev–Trinajstić information content (AvgIpc) is 2.80. The van der Waals surface area contributed by atoms with E-state index in [1.54, 1.807) is 12.1 Å². The third-order valence-corrected chi connectivity index (χ3v) is 5.18. The summed E-state index contributed by atoms with van der Waals surface area (Å²) in [5, 5.41) is 12.1. The molecule has 0 spiro atoms. The van der Waals surface area contributed by atoms with Gasteiger partial charge in [-0.2, -0.15) is 0 Å². The fourth-order valence-corrected chi connectivity index (χ4v) is 3.39. The van der Waals surface area contributed by atoms with Crippen LogP contribution >= 0.6 is 0 Å². The highest BCUT2D eigenvalue weighted by Crippen LogP contribution is 2.18. The second-order valence-electron chi connectivity index (χ2n) is 8.39. The van der Waals surface area contributed by atoms with Gasteiger partial charge in [-0.1, -0.05) is 32.8 Å². The highest BCUT2D eigenvalue weighted by atomic mass is 16.2. The lowest BCUT2D eigenvalue weighted by Gasteiger charge is -2.15. The number of benzene rings is 2. The van der Waals surface area contributed by atoms with E-state index in [0.717, 1.165) is 43.7 Å². The van der Waals surface area contributed by atoms with Crippen LogP contribution in [0.1, 0.15) is 60.2 Å². The van der Waals surface area contributed by atoms with Crippen LogP contribution in [0.25, 0.3) is 0 Å². The summed E-state index contributed by atoms with van der Waals surface area (Å²) in [5.74, 6) is 0.958. The summed E-state index contributed by atoms with van der Waals surface area (Å²) in [6, 6.07) is 14.6. The van der Waals surface area contributed by atoms with E-state index < -0.39 is 0 Å². The first-order chi connectivity index (χ1) is 15.5. The van der Waals surface area contributed by atoms with Crippen molar-refractivity contribution in [2.45, 2.75) is 39.5 Å². The second kappa shape index (κ2) is 11.9. The molecule has 4 N–H and O–H groups in total. The number of guanidine groups is 1. The van der Waals surface area contributed by atoms with Crippen molar-refractivity contribution in [2.24, 2.45) is 10.9 Å². The van der Waals surface area contributed by atoms with Crippen LogP contribution in [0.5, 0.6) is 0 Å². The molecule has 32 heavy (non-hydrogen) atoms. The van der Waals surface area contributed by atoms with Crippen LogP contribution in [0.3, 0.4) is 0 Å². The first kappa shape index (κ1) is 23.3. The van der Waals surface area contributed by atoms with Crippen LogP contribution in [0.2, 0.25) is 0 Å². The smallest absolute Gasteiger partial charge is 0.257 e. The highest BCUT2D eigenvalue weighted by Gasteiger charge is 2.11. The topological polar surface area (TPSA) is 94.6 Å². The number of nitrogens with one attached hydrogen (secondary N) is 4. The molecule has 2 aromatic rings. The molecule has 170 valence electrons. The highest BCUT2D eigenvalue weighted by molar-refractivity contribution is 6.06. The lowest BCUT2D eigenvalue weighted by molar-refractivity contribution is 0.0950. The molecule has 1 heterocycles. The van der Waals surface area contributed by atoms with Gasteiger partial charge in [-0.05, 0) is 61.2 Å². The van der Waals surface area contributed by atoms with Crippen molar-refractivity contribution in [3.63, 3.8) is 0 Å². The maximum Gasteiger partial charge on any atom is 0.257 e. The lowest BCUT2D eigenvalue weighted by Crippen LogP contribution is -2.43. The predicted octanol–water partition coefficient (Wildman–Crippen LogP) is 4.07. The van der Waals surface area contributed by atoms with Gasteiger partial charge in [0.25, 0.3) is 11.8 Å². The van der Waals surface area contributed by atoms with E-state index in [1.165, 1.54) is 6.42 Å². The molecule has 2 aromatic carbocycles. The van der Waals surface area contributed by atoms with Crippen LogP contribution in [0.15, 0.2) is 53.5 Å². The molecule has 1 aliphatic heterocycles. The van der Waals surface area contributed by atoms with Crippen molar-refractivity contribution in [3.05, 3.63) is 59.7 Å². The summed E-state index contributed by atoms with van der Waals surface area (Å²) in [4.78, 5) is 29.1. The van der Waals surface area contributed by atoms with Gasteiger partial charge in [-0.15, -0.1) is 0 Å². The standard InChI is InChI=1S/C25H33N5O2/c1-18(2)7-3-4-14-26-23(31)20-8-5-9-22(17-20)29-21-12-10-19(11-13-21)24(32)30-25-27-15-6-16-28-25/h5,8-13,17-18,29H,3-4,6-7,14-16H2,1-2H3,(H,26,31)(H2,27,28,30,32). The van der Waals surface area contributed by atoms with Gasteiger partial charge in [0.2, 0.25) is 0 Å². The van der Waals surface area contributed by atoms with Crippen molar-refractivity contribution in [3.8, 4) is 0 Å². The summed E-state index contributed by atoms with van der Waals surface area (Å²) in [5.41, 5.74) is 2.82. The summed E-state index contributed by atoms with van der Waals surface area (Å²) in [7, 11) is 0. The van der Waals surface area contributed by atoms with E-state index in [1.807, 2.05) is 36.4 Å². The number of carbonyl (C=O) groups is 2. The maximum absolute atomic E-state index is 12.4. The van der Waals surface area contributed by atoms with Gasteiger partial charge in [0.1, 0.15) is 0 Å². The van der Waals surface area contributed by atoms with E-state index in [4.69, 9.17) is 0 Å². The molecule has 0 aliphatic carbocycles. The zero-order chi connectivity index (χ0) is 22.8. The SMILES string of the molecule is CC(C)CCCCNC(=O)c1cccc(Nc2ccc(C(=O)NC3=NCCCN3)cc2)c1. The van der Waals surface area contributed by atoms with Crippen molar-refractivity contribution in [1.29, 1.82) is 0 Å². The summed E-state index contributed by atoms with van der Waals surface area (Å²) >= 11 is 0. The van der Waals surface area contributed by atoms with E-state index in [0.29, 0.717) is 29.5 Å². The van der Waals surface area contributed by atoms with Gasteiger partial charge < -0.3 is 16.0 Å². The number of carbonyl (C=O) groups excluding carboxylic acids is 2. The Morgan fingerprint density at radius 3 is 2.53 bits per heavy atom. The van der Waals surface area contributed by atoms with E-state index >= 15 is 0 Å². The normalized spacial score (nSPS) is 13.2. The van der Waals surface area contributed by atoms with Crippen LogP contribution < -0.4 is 21.3 Å². The summed E-state index contributed by atoms with van der Waals surface area (Å²) in [6.07, 6.45) is 4.27. The summed E-state index contributed by atoms with van der Waals surface area (Å²) in [6.45, 7) is 6.65. The molecule has 0 saturated heterocycles. The number of hydrogen-bond donors (Lipinski definition) is 4. The van der Waals surface area contributed by atoms with E-state index in [-0.39, 0.29) is 11.8 Å². The van der Waals surface area contributed by atoms with Gasteiger partial charge in [0.15, 0.2) is 5.96 Å². The monoisotopic (exact) mass is 435 g/mol. The molecule has 7 heteroatoms. The number of rotatable bonds is 9. The van der Waals surface area contributed by atoms with Gasteiger partial charge in [0.05, 0.1) is 0 Å². The molecule has 0 unspecified atom stereocenters. The largest absolute Gasteiger partial charge is 0.356 e. The molecule has 1 aliphatic rings. The van der Waals surface area contributed by atoms with Gasteiger partial charge in [0, 0.05) is 42.1 Å².